The van der Waals surface area contributed by atoms with E-state index in [0.717, 1.165) is 16.5 Å². The number of hydrogen-bond acceptors (Lipinski definition) is 6. The number of fused-ring (bicyclic) bond motifs is 1. The molecule has 1 aliphatic rings. The number of anilines is 1. The summed E-state index contributed by atoms with van der Waals surface area (Å²) in [5, 5.41) is 3.57. The summed E-state index contributed by atoms with van der Waals surface area (Å²) in [4.78, 5) is 28.3. The van der Waals surface area contributed by atoms with Gasteiger partial charge in [-0.05, 0) is 43.2 Å². The third-order valence-electron chi connectivity index (χ3n) is 5.73. The van der Waals surface area contributed by atoms with E-state index < -0.39 is 28.0 Å². The van der Waals surface area contributed by atoms with Crippen LogP contribution in [-0.2, 0) is 35.5 Å². The molecule has 1 atom stereocenters. The number of aryl methyl sites for hydroxylation is 1. The van der Waals surface area contributed by atoms with E-state index in [2.05, 4.69) is 10.3 Å². The third kappa shape index (κ3) is 5.14. The Hall–Kier alpha value is -3.21. The number of nitrogens with zero attached hydrogens (tertiary/aromatic N) is 1. The van der Waals surface area contributed by atoms with Gasteiger partial charge in [-0.25, -0.2) is 8.42 Å². The van der Waals surface area contributed by atoms with E-state index in [1.165, 1.54) is 17.3 Å². The molecule has 9 nitrogen and oxygen atoms in total. The normalized spacial score (nSPS) is 15.7. The molecule has 1 fully saturated rings. The van der Waals surface area contributed by atoms with E-state index in [4.69, 9.17) is 9.47 Å². The first-order valence-corrected chi connectivity index (χ1v) is 12.4. The number of morpholine rings is 1. The van der Waals surface area contributed by atoms with Gasteiger partial charge in [-0.2, -0.15) is 4.31 Å². The third-order valence-corrected chi connectivity index (χ3v) is 7.77. The van der Waals surface area contributed by atoms with Gasteiger partial charge in [0.1, 0.15) is 0 Å². The Morgan fingerprint density at radius 2 is 1.91 bits per heavy atom. The van der Waals surface area contributed by atoms with E-state index in [-0.39, 0.29) is 24.4 Å². The summed E-state index contributed by atoms with van der Waals surface area (Å²) in [5.41, 5.74) is 2.58. The number of carbonyl (C=O) groups excluding carboxylic acids is 2. The standard InChI is InChI=1S/C24H27N3O6S/c1-16-7-8-19(14-22(16)34(30,31)27-9-11-32-12-10-27)26-24(29)17(2)33-23(28)13-18-15-25-21-6-4-3-5-20(18)21/h3-8,14-15,17,25H,9-13H2,1-2H3,(H,26,29). The summed E-state index contributed by atoms with van der Waals surface area (Å²) < 4.78 is 38.0. The van der Waals surface area contributed by atoms with Gasteiger partial charge < -0.3 is 19.8 Å². The van der Waals surface area contributed by atoms with Crippen LogP contribution in [-0.4, -0.2) is 62.0 Å². The summed E-state index contributed by atoms with van der Waals surface area (Å²) >= 11 is 0. The minimum Gasteiger partial charge on any atom is -0.452 e. The SMILES string of the molecule is Cc1ccc(NC(=O)C(C)OC(=O)Cc2c[nH]c3ccccc23)cc1S(=O)(=O)N1CCOCC1. The van der Waals surface area contributed by atoms with Gasteiger partial charge in [0.25, 0.3) is 5.91 Å². The number of ether oxygens (including phenoxy) is 2. The largest absolute Gasteiger partial charge is 0.452 e. The monoisotopic (exact) mass is 485 g/mol. The van der Waals surface area contributed by atoms with E-state index in [1.807, 2.05) is 24.3 Å². The van der Waals surface area contributed by atoms with Crippen molar-refractivity contribution < 1.29 is 27.5 Å². The first kappa shape index (κ1) is 23.9. The van der Waals surface area contributed by atoms with E-state index in [0.29, 0.717) is 24.5 Å². The molecule has 34 heavy (non-hydrogen) atoms. The molecular formula is C24H27N3O6S. The predicted octanol–water partition coefficient (Wildman–Crippen LogP) is 2.61. The fraction of sp³-hybridized carbons (Fsp3) is 0.333. The Kier molecular flexibility index (Phi) is 7.01. The topological polar surface area (TPSA) is 118 Å². The van der Waals surface area contributed by atoms with Gasteiger partial charge in [-0.1, -0.05) is 24.3 Å². The first-order valence-electron chi connectivity index (χ1n) is 11.0. The molecule has 0 bridgehead atoms. The highest BCUT2D eigenvalue weighted by Crippen LogP contribution is 2.25. The van der Waals surface area contributed by atoms with Gasteiger partial charge in [0.2, 0.25) is 10.0 Å². The molecule has 1 amide bonds. The summed E-state index contributed by atoms with van der Waals surface area (Å²) in [7, 11) is -3.72. The van der Waals surface area contributed by atoms with E-state index in [1.54, 1.807) is 25.3 Å². The van der Waals surface area contributed by atoms with Crippen LogP contribution < -0.4 is 5.32 Å². The Bertz CT molecular complexity index is 1310. The molecule has 0 saturated carbocycles. The van der Waals surface area contributed by atoms with Crippen LogP contribution in [0.4, 0.5) is 5.69 Å². The number of aromatic nitrogens is 1. The van der Waals surface area contributed by atoms with Gasteiger partial charge in [-0.15, -0.1) is 0 Å². The Labute approximate surface area is 198 Å². The molecule has 0 spiro atoms. The number of rotatable bonds is 7. The predicted molar refractivity (Wildman–Crippen MR) is 127 cm³/mol. The van der Waals surface area contributed by atoms with E-state index >= 15 is 0 Å². The molecule has 1 saturated heterocycles. The summed E-state index contributed by atoms with van der Waals surface area (Å²) in [6, 6.07) is 12.3. The van der Waals surface area contributed by atoms with Crippen LogP contribution in [0.1, 0.15) is 18.1 Å². The number of hydrogen-bond donors (Lipinski definition) is 2. The van der Waals surface area contributed by atoms with Gasteiger partial charge in [0.15, 0.2) is 6.10 Å². The molecule has 4 rings (SSSR count). The first-order chi connectivity index (χ1) is 16.3. The molecule has 2 aromatic carbocycles. The van der Waals surface area contributed by atoms with Gasteiger partial charge in [0.05, 0.1) is 24.5 Å². The average Bonchev–Trinajstić information content (AvgIpc) is 3.23. The maximum atomic E-state index is 13.1. The minimum atomic E-state index is -3.72. The van der Waals surface area contributed by atoms with Crippen molar-refractivity contribution in [3.05, 3.63) is 59.8 Å². The number of sulfonamides is 1. The number of H-pyrrole nitrogens is 1. The maximum absolute atomic E-state index is 13.1. The van der Waals surface area contributed by atoms with Gasteiger partial charge in [0, 0.05) is 35.9 Å². The van der Waals surface area contributed by atoms with E-state index in [9.17, 15) is 18.0 Å². The molecule has 0 aliphatic carbocycles. The van der Waals surface area contributed by atoms with Crippen molar-refractivity contribution in [2.75, 3.05) is 31.6 Å². The molecule has 1 aromatic heterocycles. The molecule has 2 N–H and O–H groups in total. The van der Waals surface area contributed by atoms with Gasteiger partial charge >= 0.3 is 5.97 Å². The van der Waals surface area contributed by atoms with Crippen LogP contribution >= 0.6 is 0 Å². The second-order valence-corrected chi connectivity index (χ2v) is 10.1. The lowest BCUT2D eigenvalue weighted by Gasteiger charge is -2.27. The van der Waals surface area contributed by atoms with Crippen molar-refractivity contribution >= 4 is 38.5 Å². The zero-order valence-corrected chi connectivity index (χ0v) is 19.9. The number of carbonyl (C=O) groups is 2. The van der Waals surface area contributed by atoms with Crippen LogP contribution in [0.2, 0.25) is 0 Å². The van der Waals surface area contributed by atoms with Crippen LogP contribution in [0.25, 0.3) is 10.9 Å². The highest BCUT2D eigenvalue weighted by molar-refractivity contribution is 7.89. The summed E-state index contributed by atoms with van der Waals surface area (Å²) in [6.07, 6.45) is 0.714. The Balaban J connectivity index is 1.41. The quantitative estimate of drug-likeness (QED) is 0.497. The van der Waals surface area contributed by atoms with Crippen LogP contribution in [0.5, 0.6) is 0 Å². The summed E-state index contributed by atoms with van der Waals surface area (Å²) in [5.74, 6) is -1.09. The molecule has 1 unspecified atom stereocenters. The number of para-hydroxylation sites is 1. The van der Waals surface area contributed by atoms with Crippen LogP contribution in [0.3, 0.4) is 0 Å². The van der Waals surface area contributed by atoms with Crippen molar-refractivity contribution in [3.8, 4) is 0 Å². The number of esters is 1. The minimum absolute atomic E-state index is 0.0219. The molecule has 3 aromatic rings. The Morgan fingerprint density at radius 1 is 1.18 bits per heavy atom. The lowest BCUT2D eigenvalue weighted by atomic mass is 10.1. The molecule has 1 aliphatic heterocycles. The Morgan fingerprint density at radius 3 is 2.68 bits per heavy atom. The van der Waals surface area contributed by atoms with Crippen molar-refractivity contribution in [3.63, 3.8) is 0 Å². The number of benzene rings is 2. The molecule has 180 valence electrons. The van der Waals surface area contributed by atoms with Crippen molar-refractivity contribution in [1.29, 1.82) is 0 Å². The van der Waals surface area contributed by atoms with Crippen LogP contribution in [0.15, 0.2) is 53.6 Å². The number of aromatic amines is 1. The molecular weight excluding hydrogens is 458 g/mol. The highest BCUT2D eigenvalue weighted by Gasteiger charge is 2.28. The average molecular weight is 486 g/mol. The second kappa shape index (κ2) is 9.96. The lowest BCUT2D eigenvalue weighted by Crippen LogP contribution is -2.40. The fourth-order valence-electron chi connectivity index (χ4n) is 3.85. The highest BCUT2D eigenvalue weighted by atomic mass is 32.2. The van der Waals surface area contributed by atoms with Crippen molar-refractivity contribution in [2.45, 2.75) is 31.3 Å². The molecule has 10 heteroatoms. The van der Waals surface area contributed by atoms with Crippen LogP contribution in [0, 0.1) is 6.92 Å². The van der Waals surface area contributed by atoms with Crippen molar-refractivity contribution in [2.24, 2.45) is 0 Å². The van der Waals surface area contributed by atoms with Crippen molar-refractivity contribution in [1.82, 2.24) is 9.29 Å². The maximum Gasteiger partial charge on any atom is 0.311 e. The summed E-state index contributed by atoms with van der Waals surface area (Å²) in [6.45, 7) is 4.42. The number of nitrogens with one attached hydrogen (secondary N) is 2. The zero-order valence-electron chi connectivity index (χ0n) is 19.0. The lowest BCUT2D eigenvalue weighted by molar-refractivity contribution is -0.152. The molecule has 2 heterocycles. The molecule has 0 radical (unpaired) electrons. The second-order valence-electron chi connectivity index (χ2n) is 8.15. The fourth-order valence-corrected chi connectivity index (χ4v) is 5.51. The number of amides is 1. The smallest absolute Gasteiger partial charge is 0.311 e. The van der Waals surface area contributed by atoms with Gasteiger partial charge in [-0.3, -0.25) is 9.59 Å². The zero-order chi connectivity index (χ0) is 24.3.